The third kappa shape index (κ3) is 2.88. The molecule has 0 radical (unpaired) electrons. The second-order valence-electron chi connectivity index (χ2n) is 3.36. The molecule has 1 atom stereocenters. The van der Waals surface area contributed by atoms with Crippen molar-refractivity contribution in [3.63, 3.8) is 0 Å². The number of nitrogens with zero attached hydrogens (tertiary/aromatic N) is 2. The molecule has 0 spiro atoms. The van der Waals surface area contributed by atoms with Crippen molar-refractivity contribution in [2.45, 2.75) is 10.4 Å². The number of amides is 1. The van der Waals surface area contributed by atoms with Crippen LogP contribution in [-0.2, 0) is 4.79 Å². The minimum Gasteiger partial charge on any atom is -0.368 e. The SMILES string of the molecule is NC(=O)[C@@H](Sc1ncn[nH]1)c1ccc(Br)cc1F. The Morgan fingerprint density at radius 1 is 1.56 bits per heavy atom. The Labute approximate surface area is 114 Å². The van der Waals surface area contributed by atoms with Crippen molar-refractivity contribution in [3.8, 4) is 0 Å². The number of H-pyrrole nitrogens is 1. The number of hydrogen-bond acceptors (Lipinski definition) is 4. The lowest BCUT2D eigenvalue weighted by molar-refractivity contribution is -0.117. The Hall–Kier alpha value is -1.41. The summed E-state index contributed by atoms with van der Waals surface area (Å²) in [5.41, 5.74) is 5.51. The summed E-state index contributed by atoms with van der Waals surface area (Å²) in [6.07, 6.45) is 1.30. The molecule has 94 valence electrons. The molecule has 1 heterocycles. The number of hydrogen-bond donors (Lipinski definition) is 2. The van der Waals surface area contributed by atoms with Crippen molar-refractivity contribution in [1.82, 2.24) is 15.2 Å². The number of carbonyl (C=O) groups is 1. The molecular weight excluding hydrogens is 323 g/mol. The van der Waals surface area contributed by atoms with E-state index in [4.69, 9.17) is 5.73 Å². The zero-order valence-electron chi connectivity index (χ0n) is 8.93. The quantitative estimate of drug-likeness (QED) is 0.840. The summed E-state index contributed by atoms with van der Waals surface area (Å²) in [5.74, 6) is -1.14. The molecule has 0 saturated heterocycles. The highest BCUT2D eigenvalue weighted by Gasteiger charge is 2.24. The molecule has 0 aliphatic rings. The van der Waals surface area contributed by atoms with E-state index >= 15 is 0 Å². The molecule has 2 aromatic rings. The summed E-state index contributed by atoms with van der Waals surface area (Å²) >= 11 is 4.17. The van der Waals surface area contributed by atoms with E-state index in [-0.39, 0.29) is 5.56 Å². The molecule has 3 N–H and O–H groups in total. The first-order chi connectivity index (χ1) is 8.58. The van der Waals surface area contributed by atoms with E-state index in [2.05, 4.69) is 31.1 Å². The average molecular weight is 331 g/mol. The zero-order chi connectivity index (χ0) is 13.1. The molecule has 0 aliphatic heterocycles. The van der Waals surface area contributed by atoms with Gasteiger partial charge in [-0.1, -0.05) is 33.8 Å². The Bertz CT molecular complexity index is 563. The van der Waals surface area contributed by atoms with E-state index in [1.165, 1.54) is 18.5 Å². The van der Waals surface area contributed by atoms with Gasteiger partial charge >= 0.3 is 0 Å². The number of aromatic amines is 1. The molecule has 1 amide bonds. The van der Waals surface area contributed by atoms with E-state index in [1.807, 2.05) is 0 Å². The van der Waals surface area contributed by atoms with Crippen molar-refractivity contribution in [1.29, 1.82) is 0 Å². The van der Waals surface area contributed by atoms with Gasteiger partial charge in [0, 0.05) is 10.0 Å². The molecule has 0 bridgehead atoms. The first-order valence-corrected chi connectivity index (χ1v) is 6.51. The maximum atomic E-state index is 13.8. The highest BCUT2D eigenvalue weighted by Crippen LogP contribution is 2.34. The molecule has 0 fully saturated rings. The second-order valence-corrected chi connectivity index (χ2v) is 5.37. The summed E-state index contributed by atoms with van der Waals surface area (Å²) in [7, 11) is 0. The molecule has 2 rings (SSSR count). The van der Waals surface area contributed by atoms with Crippen LogP contribution < -0.4 is 5.73 Å². The van der Waals surface area contributed by atoms with Gasteiger partial charge in [-0.3, -0.25) is 9.89 Å². The highest BCUT2D eigenvalue weighted by atomic mass is 79.9. The fourth-order valence-electron chi connectivity index (χ4n) is 1.35. The van der Waals surface area contributed by atoms with Crippen LogP contribution in [-0.4, -0.2) is 21.1 Å². The van der Waals surface area contributed by atoms with Crippen LogP contribution in [0, 0.1) is 5.82 Å². The largest absolute Gasteiger partial charge is 0.368 e. The van der Waals surface area contributed by atoms with Gasteiger partial charge in [0.2, 0.25) is 5.91 Å². The lowest BCUT2D eigenvalue weighted by Crippen LogP contribution is -2.20. The number of benzene rings is 1. The standard InChI is InChI=1S/C10H8BrFN4OS/c11-5-1-2-6(7(12)3-5)8(9(13)17)18-10-14-4-15-16-10/h1-4,8H,(H2,13,17)(H,14,15,16)/t8-/m0/s1. The van der Waals surface area contributed by atoms with Crippen LogP contribution >= 0.6 is 27.7 Å². The van der Waals surface area contributed by atoms with E-state index in [9.17, 15) is 9.18 Å². The van der Waals surface area contributed by atoms with Gasteiger partial charge in [-0.2, -0.15) is 5.10 Å². The number of thioether (sulfide) groups is 1. The van der Waals surface area contributed by atoms with Crippen molar-refractivity contribution in [3.05, 3.63) is 40.4 Å². The normalized spacial score (nSPS) is 12.3. The predicted molar refractivity (Wildman–Crippen MR) is 68.3 cm³/mol. The number of primary amides is 1. The number of rotatable bonds is 4. The molecule has 0 saturated carbocycles. The number of aromatic nitrogens is 3. The minimum absolute atomic E-state index is 0.215. The average Bonchev–Trinajstić information content (AvgIpc) is 2.79. The number of halogens is 2. The monoisotopic (exact) mass is 330 g/mol. The van der Waals surface area contributed by atoms with Crippen molar-refractivity contribution in [2.75, 3.05) is 0 Å². The van der Waals surface area contributed by atoms with Crippen molar-refractivity contribution < 1.29 is 9.18 Å². The first-order valence-electron chi connectivity index (χ1n) is 4.84. The molecule has 0 aliphatic carbocycles. The number of nitrogens with two attached hydrogens (primary N) is 1. The minimum atomic E-state index is -0.856. The molecule has 1 aromatic heterocycles. The zero-order valence-corrected chi connectivity index (χ0v) is 11.3. The maximum Gasteiger partial charge on any atom is 0.235 e. The predicted octanol–water partition coefficient (Wildman–Crippen LogP) is 2.02. The van der Waals surface area contributed by atoms with E-state index < -0.39 is 17.0 Å². The number of nitrogens with one attached hydrogen (secondary N) is 1. The second kappa shape index (κ2) is 5.49. The van der Waals surface area contributed by atoms with Gasteiger partial charge < -0.3 is 5.73 Å². The highest BCUT2D eigenvalue weighted by molar-refractivity contribution is 9.10. The van der Waals surface area contributed by atoms with Crippen molar-refractivity contribution >= 4 is 33.6 Å². The Morgan fingerprint density at radius 2 is 2.33 bits per heavy atom. The first kappa shape index (κ1) is 13.0. The van der Waals surface area contributed by atoms with Crippen LogP contribution in [0.15, 0.2) is 34.2 Å². The van der Waals surface area contributed by atoms with E-state index in [0.29, 0.717) is 9.63 Å². The van der Waals surface area contributed by atoms with Crippen molar-refractivity contribution in [2.24, 2.45) is 5.73 Å². The van der Waals surface area contributed by atoms with Gasteiger partial charge in [-0.25, -0.2) is 9.37 Å². The summed E-state index contributed by atoms with van der Waals surface area (Å²) in [4.78, 5) is 15.3. The Kier molecular flexibility index (Phi) is 3.97. The summed E-state index contributed by atoms with van der Waals surface area (Å²) in [6.45, 7) is 0. The molecular formula is C10H8BrFN4OS. The van der Waals surface area contributed by atoms with Gasteiger partial charge in [0.25, 0.3) is 0 Å². The van der Waals surface area contributed by atoms with Gasteiger partial charge in [0.05, 0.1) is 0 Å². The van der Waals surface area contributed by atoms with Crippen LogP contribution in [0.1, 0.15) is 10.8 Å². The molecule has 5 nitrogen and oxygen atoms in total. The maximum absolute atomic E-state index is 13.8. The molecule has 18 heavy (non-hydrogen) atoms. The smallest absolute Gasteiger partial charge is 0.235 e. The van der Waals surface area contributed by atoms with E-state index in [0.717, 1.165) is 11.8 Å². The van der Waals surface area contributed by atoms with Crippen LogP contribution in [0.3, 0.4) is 0 Å². The molecule has 8 heteroatoms. The summed E-state index contributed by atoms with van der Waals surface area (Å²) in [6, 6.07) is 4.44. The van der Waals surface area contributed by atoms with Crippen LogP contribution in [0.25, 0.3) is 0 Å². The fourth-order valence-corrected chi connectivity index (χ4v) is 2.56. The lowest BCUT2D eigenvalue weighted by Gasteiger charge is -2.12. The number of carbonyl (C=O) groups excluding carboxylic acids is 1. The third-order valence-corrected chi connectivity index (χ3v) is 3.76. The van der Waals surface area contributed by atoms with Gasteiger partial charge in [-0.15, -0.1) is 0 Å². The summed E-state index contributed by atoms with van der Waals surface area (Å²) in [5, 5.41) is 5.79. The van der Waals surface area contributed by atoms with Crippen LogP contribution in [0.5, 0.6) is 0 Å². The van der Waals surface area contributed by atoms with Crippen LogP contribution in [0.4, 0.5) is 4.39 Å². The van der Waals surface area contributed by atoms with Gasteiger partial charge in [-0.05, 0) is 12.1 Å². The molecule has 1 aromatic carbocycles. The Balaban J connectivity index is 2.32. The third-order valence-electron chi connectivity index (χ3n) is 2.13. The van der Waals surface area contributed by atoms with Gasteiger partial charge in [0.1, 0.15) is 17.4 Å². The van der Waals surface area contributed by atoms with E-state index in [1.54, 1.807) is 6.07 Å². The lowest BCUT2D eigenvalue weighted by atomic mass is 10.1. The van der Waals surface area contributed by atoms with Crippen LogP contribution in [0.2, 0.25) is 0 Å². The summed E-state index contributed by atoms with van der Waals surface area (Å²) < 4.78 is 14.4. The fraction of sp³-hybridized carbons (Fsp3) is 0.100. The molecule has 0 unspecified atom stereocenters. The Morgan fingerprint density at radius 3 is 2.89 bits per heavy atom. The topological polar surface area (TPSA) is 84.7 Å². The van der Waals surface area contributed by atoms with Gasteiger partial charge in [0.15, 0.2) is 5.16 Å².